The highest BCUT2D eigenvalue weighted by molar-refractivity contribution is 5.85. The van der Waals surface area contributed by atoms with Crippen LogP contribution in [0.3, 0.4) is 0 Å². The van der Waals surface area contributed by atoms with Gasteiger partial charge in [0.15, 0.2) is 0 Å². The van der Waals surface area contributed by atoms with Gasteiger partial charge in [0, 0.05) is 12.6 Å². The van der Waals surface area contributed by atoms with Crippen LogP contribution in [0.15, 0.2) is 60.7 Å². The fraction of sp³-hybridized carbons (Fsp3) is 0.263. The molecule has 0 saturated carbocycles. The molecule has 1 unspecified atom stereocenters. The van der Waals surface area contributed by atoms with E-state index in [0.717, 1.165) is 6.54 Å². The predicted molar refractivity (Wildman–Crippen MR) is 92.8 cm³/mol. The van der Waals surface area contributed by atoms with Crippen molar-refractivity contribution in [3.8, 4) is 0 Å². The van der Waals surface area contributed by atoms with Crippen molar-refractivity contribution in [2.75, 3.05) is 6.54 Å². The molecule has 0 bridgehead atoms. The lowest BCUT2D eigenvalue weighted by molar-refractivity contribution is 0.481. The maximum atomic E-state index is 3.66. The summed E-state index contributed by atoms with van der Waals surface area (Å²) in [7, 11) is 0. The minimum atomic E-state index is 0. The van der Waals surface area contributed by atoms with E-state index < -0.39 is 0 Å². The summed E-state index contributed by atoms with van der Waals surface area (Å²) in [6.45, 7) is 0.924. The maximum Gasteiger partial charge on any atom is 0.0325 e. The molecule has 2 heteroatoms. The van der Waals surface area contributed by atoms with E-state index in [4.69, 9.17) is 0 Å². The fourth-order valence-electron chi connectivity index (χ4n) is 2.94. The second-order valence-corrected chi connectivity index (χ2v) is 5.36. The lowest BCUT2D eigenvalue weighted by atomic mass is 9.88. The molecule has 3 rings (SSSR count). The van der Waals surface area contributed by atoms with Gasteiger partial charge in [-0.2, -0.15) is 0 Å². The summed E-state index contributed by atoms with van der Waals surface area (Å²) in [6, 6.07) is 19.8. The molecule has 0 amide bonds. The van der Waals surface area contributed by atoms with Gasteiger partial charge in [0.05, 0.1) is 0 Å². The molecule has 2 aromatic rings. The summed E-state index contributed by atoms with van der Waals surface area (Å²) in [5.74, 6) is 0. The van der Waals surface area contributed by atoms with Gasteiger partial charge >= 0.3 is 0 Å². The van der Waals surface area contributed by atoms with Crippen molar-refractivity contribution in [1.82, 2.24) is 5.32 Å². The van der Waals surface area contributed by atoms with Crippen molar-refractivity contribution in [1.29, 1.82) is 0 Å². The largest absolute Gasteiger partial charge is 0.306 e. The maximum absolute atomic E-state index is 3.66. The number of hydrogen-bond donors (Lipinski definition) is 1. The van der Waals surface area contributed by atoms with Gasteiger partial charge in [-0.15, -0.1) is 12.4 Å². The summed E-state index contributed by atoms with van der Waals surface area (Å²) < 4.78 is 0. The van der Waals surface area contributed by atoms with Crippen molar-refractivity contribution in [3.05, 3.63) is 77.4 Å². The van der Waals surface area contributed by atoms with Crippen molar-refractivity contribution < 1.29 is 0 Å². The molecule has 1 N–H and O–H groups in total. The second kappa shape index (κ2) is 8.02. The molecule has 2 aromatic carbocycles. The first kappa shape index (κ1) is 15.8. The highest BCUT2D eigenvalue weighted by atomic mass is 35.5. The molecule has 110 valence electrons. The standard InChI is InChI=1S/C19H21N.ClH/c1-2-8-16(9-3-1)10-7-15-20-19-14-6-12-17-11-4-5-13-18(17)19;/h1-5,7-11,13,19-20H,6,12,14-15H2;1H/b10-7+;. The van der Waals surface area contributed by atoms with Gasteiger partial charge in [0.1, 0.15) is 0 Å². The Labute approximate surface area is 133 Å². The normalized spacial score (nSPS) is 17.2. The van der Waals surface area contributed by atoms with Crippen LogP contribution < -0.4 is 5.32 Å². The van der Waals surface area contributed by atoms with E-state index in [1.165, 1.54) is 36.0 Å². The molecule has 0 aromatic heterocycles. The van der Waals surface area contributed by atoms with Crippen LogP contribution in [-0.2, 0) is 6.42 Å². The predicted octanol–water partition coefficient (Wildman–Crippen LogP) is 4.79. The molecular weight excluding hydrogens is 278 g/mol. The number of rotatable bonds is 4. The average Bonchev–Trinajstić information content (AvgIpc) is 2.53. The first-order valence-corrected chi connectivity index (χ1v) is 7.46. The Hall–Kier alpha value is -1.57. The van der Waals surface area contributed by atoms with Crippen molar-refractivity contribution in [3.63, 3.8) is 0 Å². The number of halogens is 1. The lowest BCUT2D eigenvalue weighted by Crippen LogP contribution is -2.25. The molecule has 21 heavy (non-hydrogen) atoms. The van der Waals surface area contributed by atoms with Crippen LogP contribution in [0.4, 0.5) is 0 Å². The van der Waals surface area contributed by atoms with Gasteiger partial charge in [-0.1, -0.05) is 66.7 Å². The zero-order chi connectivity index (χ0) is 13.6. The zero-order valence-corrected chi connectivity index (χ0v) is 13.0. The van der Waals surface area contributed by atoms with Gasteiger partial charge in [0.2, 0.25) is 0 Å². The summed E-state index contributed by atoms with van der Waals surface area (Å²) in [6.07, 6.45) is 8.16. The second-order valence-electron chi connectivity index (χ2n) is 5.36. The first-order chi connectivity index (χ1) is 9.93. The average molecular weight is 300 g/mol. The summed E-state index contributed by atoms with van der Waals surface area (Å²) >= 11 is 0. The van der Waals surface area contributed by atoms with Crippen molar-refractivity contribution in [2.45, 2.75) is 25.3 Å². The van der Waals surface area contributed by atoms with Crippen LogP contribution in [0.2, 0.25) is 0 Å². The van der Waals surface area contributed by atoms with Crippen LogP contribution in [0, 0.1) is 0 Å². The third kappa shape index (κ3) is 4.20. The van der Waals surface area contributed by atoms with Gasteiger partial charge in [-0.25, -0.2) is 0 Å². The smallest absolute Gasteiger partial charge is 0.0325 e. The summed E-state index contributed by atoms with van der Waals surface area (Å²) in [5.41, 5.74) is 4.27. The van der Waals surface area contributed by atoms with Crippen LogP contribution in [0.5, 0.6) is 0 Å². The molecule has 0 aliphatic heterocycles. The van der Waals surface area contributed by atoms with Crippen LogP contribution in [-0.4, -0.2) is 6.54 Å². The quantitative estimate of drug-likeness (QED) is 0.856. The Morgan fingerprint density at radius 3 is 2.62 bits per heavy atom. The van der Waals surface area contributed by atoms with E-state index in [9.17, 15) is 0 Å². The van der Waals surface area contributed by atoms with Gasteiger partial charge < -0.3 is 5.32 Å². The molecule has 1 atom stereocenters. The molecule has 0 fully saturated rings. The highest BCUT2D eigenvalue weighted by Crippen LogP contribution is 2.29. The van der Waals surface area contributed by atoms with E-state index in [2.05, 4.69) is 72.1 Å². The van der Waals surface area contributed by atoms with Crippen LogP contribution >= 0.6 is 12.4 Å². The Morgan fingerprint density at radius 2 is 1.76 bits per heavy atom. The number of fused-ring (bicyclic) bond motifs is 1. The number of hydrogen-bond acceptors (Lipinski definition) is 1. The highest BCUT2D eigenvalue weighted by Gasteiger charge is 2.18. The molecule has 1 aliphatic rings. The molecule has 1 aliphatic carbocycles. The summed E-state index contributed by atoms with van der Waals surface area (Å²) in [5, 5.41) is 3.66. The van der Waals surface area contributed by atoms with Gasteiger partial charge in [0.25, 0.3) is 0 Å². The van der Waals surface area contributed by atoms with E-state index in [-0.39, 0.29) is 12.4 Å². The molecule has 0 spiro atoms. The monoisotopic (exact) mass is 299 g/mol. The molecule has 0 saturated heterocycles. The van der Waals surface area contributed by atoms with Crippen LogP contribution in [0.25, 0.3) is 6.08 Å². The van der Waals surface area contributed by atoms with Gasteiger partial charge in [-0.3, -0.25) is 0 Å². The number of benzene rings is 2. The number of nitrogens with one attached hydrogen (secondary N) is 1. The topological polar surface area (TPSA) is 12.0 Å². The first-order valence-electron chi connectivity index (χ1n) is 7.46. The Morgan fingerprint density at radius 1 is 1.00 bits per heavy atom. The third-order valence-corrected chi connectivity index (χ3v) is 3.96. The Balaban J connectivity index is 0.00000161. The van der Waals surface area contributed by atoms with E-state index in [1.54, 1.807) is 0 Å². The Bertz CT molecular complexity index is 577. The molecular formula is C19H22ClN. The fourth-order valence-corrected chi connectivity index (χ4v) is 2.94. The SMILES string of the molecule is C(=C\c1ccccc1)/CNC1CCCc2ccccc21.Cl. The van der Waals surface area contributed by atoms with E-state index in [0.29, 0.717) is 6.04 Å². The molecule has 0 radical (unpaired) electrons. The van der Waals surface area contributed by atoms with E-state index in [1.807, 2.05) is 0 Å². The van der Waals surface area contributed by atoms with E-state index >= 15 is 0 Å². The number of aryl methyl sites for hydroxylation is 1. The summed E-state index contributed by atoms with van der Waals surface area (Å²) in [4.78, 5) is 0. The molecule has 0 heterocycles. The van der Waals surface area contributed by atoms with Crippen molar-refractivity contribution in [2.24, 2.45) is 0 Å². The van der Waals surface area contributed by atoms with Gasteiger partial charge in [-0.05, 0) is 36.0 Å². The third-order valence-electron chi connectivity index (χ3n) is 3.96. The zero-order valence-electron chi connectivity index (χ0n) is 12.2. The van der Waals surface area contributed by atoms with Crippen molar-refractivity contribution >= 4 is 18.5 Å². The minimum Gasteiger partial charge on any atom is -0.306 e. The lowest BCUT2D eigenvalue weighted by Gasteiger charge is -2.26. The molecule has 1 nitrogen and oxygen atoms in total. The Kier molecular flexibility index (Phi) is 6.04. The minimum absolute atomic E-state index is 0. The van der Waals surface area contributed by atoms with Crippen LogP contribution in [0.1, 0.15) is 35.6 Å².